The fraction of sp³-hybridized carbons (Fsp3) is 0.188. The number of carbonyl (C=O) groups is 2. The Morgan fingerprint density at radius 1 is 0.690 bits per heavy atom. The minimum atomic E-state index is -0.670. The molecular formula is C32H26F4N2O2S2. The van der Waals surface area contributed by atoms with Crippen LogP contribution in [0.3, 0.4) is 0 Å². The summed E-state index contributed by atoms with van der Waals surface area (Å²) in [6.07, 6.45) is 1.67. The van der Waals surface area contributed by atoms with E-state index < -0.39 is 23.3 Å². The van der Waals surface area contributed by atoms with E-state index in [1.54, 1.807) is 0 Å². The summed E-state index contributed by atoms with van der Waals surface area (Å²) in [7, 11) is 0. The van der Waals surface area contributed by atoms with Crippen LogP contribution in [-0.4, -0.2) is 23.3 Å². The maximum absolute atomic E-state index is 14.3. The molecule has 216 valence electrons. The number of amides is 2. The van der Waals surface area contributed by atoms with Crippen LogP contribution in [0.5, 0.6) is 0 Å². The SMILES string of the molecule is CCN1C(=O)CCC(c2cccs2)=C1c1c(F)cccc1F.O=C1CCC(c2cccs2)=C(c2c(F)cccc2F)N1. The summed E-state index contributed by atoms with van der Waals surface area (Å²) in [5.74, 6) is -2.94. The van der Waals surface area contributed by atoms with E-state index in [0.29, 0.717) is 37.9 Å². The second-order valence-electron chi connectivity index (χ2n) is 9.51. The lowest BCUT2D eigenvalue weighted by molar-refractivity contribution is -0.128. The molecule has 10 heteroatoms. The van der Waals surface area contributed by atoms with Gasteiger partial charge in [-0.25, -0.2) is 17.6 Å². The van der Waals surface area contributed by atoms with Gasteiger partial charge in [0, 0.05) is 29.1 Å². The molecule has 0 saturated carbocycles. The average Bonchev–Trinajstić information content (AvgIpc) is 3.69. The van der Waals surface area contributed by atoms with Gasteiger partial charge in [0.1, 0.15) is 23.3 Å². The Labute approximate surface area is 248 Å². The number of nitrogens with one attached hydrogen (secondary N) is 1. The van der Waals surface area contributed by atoms with Crippen molar-refractivity contribution >= 4 is 57.0 Å². The maximum Gasteiger partial charge on any atom is 0.227 e. The predicted octanol–water partition coefficient (Wildman–Crippen LogP) is 8.34. The van der Waals surface area contributed by atoms with Crippen molar-refractivity contribution in [2.24, 2.45) is 0 Å². The van der Waals surface area contributed by atoms with Gasteiger partial charge < -0.3 is 10.2 Å². The Morgan fingerprint density at radius 3 is 1.74 bits per heavy atom. The second-order valence-corrected chi connectivity index (χ2v) is 11.4. The minimum absolute atomic E-state index is 0.0968. The molecule has 2 amide bonds. The normalized spacial score (nSPS) is 15.5. The molecule has 2 aromatic carbocycles. The third kappa shape index (κ3) is 5.96. The molecule has 4 aromatic rings. The van der Waals surface area contributed by atoms with Gasteiger partial charge in [0.2, 0.25) is 11.8 Å². The first kappa shape index (κ1) is 29.5. The van der Waals surface area contributed by atoms with Crippen LogP contribution < -0.4 is 5.32 Å². The minimum Gasteiger partial charge on any atom is -0.325 e. The van der Waals surface area contributed by atoms with Gasteiger partial charge in [-0.3, -0.25) is 9.59 Å². The molecular weight excluding hydrogens is 584 g/mol. The highest BCUT2D eigenvalue weighted by molar-refractivity contribution is 7.11. The number of hydrogen-bond acceptors (Lipinski definition) is 4. The van der Waals surface area contributed by atoms with Crippen LogP contribution in [0.25, 0.3) is 22.5 Å². The van der Waals surface area contributed by atoms with Crippen molar-refractivity contribution in [2.45, 2.75) is 32.6 Å². The Balaban J connectivity index is 0.000000169. The third-order valence-electron chi connectivity index (χ3n) is 6.98. The lowest BCUT2D eigenvalue weighted by atomic mass is 9.94. The Bertz CT molecular complexity index is 1640. The Morgan fingerprint density at radius 2 is 1.21 bits per heavy atom. The molecule has 42 heavy (non-hydrogen) atoms. The highest BCUT2D eigenvalue weighted by atomic mass is 32.1. The van der Waals surface area contributed by atoms with E-state index in [-0.39, 0.29) is 28.6 Å². The van der Waals surface area contributed by atoms with E-state index in [9.17, 15) is 27.2 Å². The maximum atomic E-state index is 14.3. The molecule has 0 unspecified atom stereocenters. The number of benzene rings is 2. The summed E-state index contributed by atoms with van der Waals surface area (Å²) >= 11 is 3.00. The molecule has 4 heterocycles. The van der Waals surface area contributed by atoms with Gasteiger partial charge >= 0.3 is 0 Å². The van der Waals surface area contributed by atoms with Gasteiger partial charge in [-0.15, -0.1) is 22.7 Å². The number of rotatable bonds is 5. The number of nitrogens with zero attached hydrogens (tertiary/aromatic N) is 1. The molecule has 0 fully saturated rings. The first-order valence-corrected chi connectivity index (χ1v) is 15.1. The summed E-state index contributed by atoms with van der Waals surface area (Å²) in [6, 6.07) is 15.1. The highest BCUT2D eigenvalue weighted by Crippen LogP contribution is 2.40. The molecule has 2 aromatic heterocycles. The Hall–Kier alpha value is -4.02. The molecule has 0 bridgehead atoms. The van der Waals surface area contributed by atoms with Crippen molar-refractivity contribution in [3.63, 3.8) is 0 Å². The van der Waals surface area contributed by atoms with Crippen LogP contribution in [0.4, 0.5) is 17.6 Å². The van der Waals surface area contributed by atoms with Crippen molar-refractivity contribution < 1.29 is 27.2 Å². The molecule has 4 nitrogen and oxygen atoms in total. The van der Waals surface area contributed by atoms with E-state index >= 15 is 0 Å². The monoisotopic (exact) mass is 610 g/mol. The molecule has 2 aliphatic heterocycles. The summed E-state index contributed by atoms with van der Waals surface area (Å²) < 4.78 is 56.5. The van der Waals surface area contributed by atoms with Crippen molar-refractivity contribution in [3.8, 4) is 0 Å². The van der Waals surface area contributed by atoms with Crippen molar-refractivity contribution in [2.75, 3.05) is 6.54 Å². The molecule has 2 aliphatic rings. The highest BCUT2D eigenvalue weighted by Gasteiger charge is 2.31. The van der Waals surface area contributed by atoms with Crippen LogP contribution in [-0.2, 0) is 9.59 Å². The Kier molecular flexibility index (Phi) is 9.03. The molecule has 0 radical (unpaired) electrons. The third-order valence-corrected chi connectivity index (χ3v) is 8.84. The lowest BCUT2D eigenvalue weighted by Crippen LogP contribution is -2.33. The van der Waals surface area contributed by atoms with Gasteiger partial charge in [0.15, 0.2) is 0 Å². The van der Waals surface area contributed by atoms with Crippen LogP contribution >= 0.6 is 22.7 Å². The van der Waals surface area contributed by atoms with E-state index in [4.69, 9.17) is 0 Å². The quantitative estimate of drug-likeness (QED) is 0.231. The van der Waals surface area contributed by atoms with Crippen molar-refractivity contribution in [1.29, 1.82) is 0 Å². The molecule has 0 atom stereocenters. The van der Waals surface area contributed by atoms with Crippen molar-refractivity contribution in [3.05, 3.63) is 116 Å². The lowest BCUT2D eigenvalue weighted by Gasteiger charge is -2.31. The standard InChI is InChI=1S/C17H15F2NOS.C15H11F2NOS/c1-2-20-15(21)9-8-11(14-7-4-10-22-14)17(20)16-12(18)5-3-6-13(16)19;16-10-3-1-4-11(17)14(10)15-9(6-7-13(19)18-15)12-5-2-8-20-12/h3-7,10H,2,8-9H2,1H3;1-5,8H,6-7H2,(H,18,19). The van der Waals surface area contributed by atoms with E-state index in [1.807, 2.05) is 41.9 Å². The zero-order valence-corrected chi connectivity index (χ0v) is 24.2. The fourth-order valence-corrected chi connectivity index (χ4v) is 6.70. The van der Waals surface area contributed by atoms with Crippen LogP contribution in [0.1, 0.15) is 53.5 Å². The number of allylic oxidation sites excluding steroid dienone is 2. The fourth-order valence-electron chi connectivity index (χ4n) is 5.10. The second kappa shape index (κ2) is 12.9. The van der Waals surface area contributed by atoms with Crippen molar-refractivity contribution in [1.82, 2.24) is 10.2 Å². The molecule has 0 aliphatic carbocycles. The zero-order valence-electron chi connectivity index (χ0n) is 22.6. The van der Waals surface area contributed by atoms with E-state index in [0.717, 1.165) is 20.9 Å². The van der Waals surface area contributed by atoms with Gasteiger partial charge in [-0.05, 0) is 78.1 Å². The molecule has 6 rings (SSSR count). The number of hydrogen-bond donors (Lipinski definition) is 1. The molecule has 0 saturated heterocycles. The first-order chi connectivity index (χ1) is 20.3. The van der Waals surface area contributed by atoms with Crippen LogP contribution in [0.2, 0.25) is 0 Å². The topological polar surface area (TPSA) is 49.4 Å². The largest absolute Gasteiger partial charge is 0.325 e. The van der Waals surface area contributed by atoms with E-state index in [1.165, 1.54) is 64.0 Å². The molecule has 0 spiro atoms. The number of carbonyl (C=O) groups excluding carboxylic acids is 2. The smallest absolute Gasteiger partial charge is 0.227 e. The molecule has 1 N–H and O–H groups in total. The van der Waals surface area contributed by atoms with E-state index in [2.05, 4.69) is 5.32 Å². The summed E-state index contributed by atoms with van der Waals surface area (Å²) in [4.78, 5) is 27.1. The van der Waals surface area contributed by atoms with Gasteiger partial charge in [-0.1, -0.05) is 24.3 Å². The summed E-state index contributed by atoms with van der Waals surface area (Å²) in [5, 5.41) is 6.44. The summed E-state index contributed by atoms with van der Waals surface area (Å²) in [6.45, 7) is 2.20. The van der Waals surface area contributed by atoms with Gasteiger partial charge in [0.25, 0.3) is 0 Å². The van der Waals surface area contributed by atoms with Gasteiger partial charge in [0.05, 0.1) is 22.5 Å². The van der Waals surface area contributed by atoms with Crippen LogP contribution in [0, 0.1) is 23.3 Å². The van der Waals surface area contributed by atoms with Gasteiger partial charge in [-0.2, -0.15) is 0 Å². The first-order valence-electron chi connectivity index (χ1n) is 13.3. The predicted molar refractivity (Wildman–Crippen MR) is 159 cm³/mol. The number of thiophene rings is 2. The number of halogens is 4. The van der Waals surface area contributed by atoms with Crippen LogP contribution in [0.15, 0.2) is 71.4 Å². The summed E-state index contributed by atoms with van der Waals surface area (Å²) in [5.41, 5.74) is 1.96. The zero-order chi connectivity index (χ0) is 29.8. The average molecular weight is 611 g/mol.